The average Bonchev–Trinajstić information content (AvgIpc) is 2.67. The second-order valence-electron chi connectivity index (χ2n) is 6.45. The summed E-state index contributed by atoms with van der Waals surface area (Å²) in [6.45, 7) is 0. The number of aliphatic hydroxyl groups is 1. The number of nitrogens with zero attached hydrogens (tertiary/aromatic N) is 2. The third kappa shape index (κ3) is 3.63. The van der Waals surface area contributed by atoms with Crippen LogP contribution in [0.2, 0.25) is 5.02 Å². The molecule has 1 amide bonds. The van der Waals surface area contributed by atoms with Crippen molar-refractivity contribution in [2.45, 2.75) is 37.7 Å². The molecule has 0 aliphatic carbocycles. The predicted octanol–water partition coefficient (Wildman–Crippen LogP) is 3.48. The molecule has 27 heavy (non-hydrogen) atoms. The van der Waals surface area contributed by atoms with Crippen molar-refractivity contribution in [1.29, 1.82) is 0 Å². The molecule has 1 aromatic carbocycles. The zero-order chi connectivity index (χ0) is 19.4. The molecule has 2 aromatic rings. The fourth-order valence-electron chi connectivity index (χ4n) is 3.21. The lowest BCUT2D eigenvalue weighted by Gasteiger charge is -2.37. The molecule has 0 saturated heterocycles. The highest BCUT2D eigenvalue weighted by Gasteiger charge is 2.52. The third-order valence-electron chi connectivity index (χ3n) is 4.60. The molecule has 1 atom stereocenters. The van der Waals surface area contributed by atoms with Crippen molar-refractivity contribution in [3.8, 4) is 0 Å². The molecule has 7 heteroatoms. The van der Waals surface area contributed by atoms with E-state index in [2.05, 4.69) is 4.98 Å². The van der Waals surface area contributed by atoms with Crippen LogP contribution in [0.1, 0.15) is 42.5 Å². The summed E-state index contributed by atoms with van der Waals surface area (Å²) in [7, 11) is 0. The normalized spacial score (nSPS) is 19.1. The molecule has 0 fully saturated rings. The summed E-state index contributed by atoms with van der Waals surface area (Å²) in [6, 6.07) is 9.74. The van der Waals surface area contributed by atoms with E-state index >= 15 is 0 Å². The Morgan fingerprint density at radius 3 is 2.70 bits per heavy atom. The number of hydrogen-bond acceptors (Lipinski definition) is 5. The maximum atomic E-state index is 13.2. The summed E-state index contributed by atoms with van der Waals surface area (Å²) in [5, 5.41) is 11.5. The summed E-state index contributed by atoms with van der Waals surface area (Å²) in [4.78, 5) is 41.9. The maximum Gasteiger partial charge on any atom is 0.272 e. The summed E-state index contributed by atoms with van der Waals surface area (Å²) in [5.74, 6) is -1.21. The van der Waals surface area contributed by atoms with Gasteiger partial charge in [-0.05, 0) is 49.6 Å². The number of unbranched alkanes of at least 4 members (excludes halogenated alkanes) is 3. The molecule has 2 heterocycles. The van der Waals surface area contributed by atoms with Crippen LogP contribution in [0.15, 0.2) is 42.6 Å². The molecule has 1 aliphatic rings. The second kappa shape index (κ2) is 7.98. The predicted molar refractivity (Wildman–Crippen MR) is 101 cm³/mol. The van der Waals surface area contributed by atoms with Gasteiger partial charge in [0.15, 0.2) is 5.82 Å². The van der Waals surface area contributed by atoms with Crippen molar-refractivity contribution in [3.05, 3.63) is 53.2 Å². The first-order valence-corrected chi connectivity index (χ1v) is 9.13. The van der Waals surface area contributed by atoms with Crippen LogP contribution in [0, 0.1) is 0 Å². The molecule has 0 spiro atoms. The van der Waals surface area contributed by atoms with Crippen LogP contribution in [0.4, 0.5) is 11.5 Å². The molecule has 140 valence electrons. The van der Waals surface area contributed by atoms with E-state index in [4.69, 9.17) is 11.6 Å². The van der Waals surface area contributed by atoms with Gasteiger partial charge in [0, 0.05) is 17.6 Å². The Morgan fingerprint density at radius 1 is 1.15 bits per heavy atom. The number of rotatable bonds is 7. The van der Waals surface area contributed by atoms with E-state index in [0.717, 1.165) is 6.29 Å². The number of fused-ring (bicyclic) bond motifs is 1. The van der Waals surface area contributed by atoms with Crippen LogP contribution in [-0.2, 0) is 9.59 Å². The van der Waals surface area contributed by atoms with Gasteiger partial charge in [0.2, 0.25) is 11.4 Å². The average molecular weight is 387 g/mol. The lowest BCUT2D eigenvalue weighted by molar-refractivity contribution is -0.132. The standard InChI is InChI=1S/C20H19ClN2O4/c21-14-7-5-8-15(13-14)23-18-16(9-6-11-22-18)17(25)20(27,19(23)26)10-3-1-2-4-12-24/h5-9,11-13,27H,1-4,10H2/t20-/m1/s1. The van der Waals surface area contributed by atoms with Gasteiger partial charge >= 0.3 is 0 Å². The topological polar surface area (TPSA) is 87.6 Å². The Bertz CT molecular complexity index is 886. The molecule has 0 radical (unpaired) electrons. The van der Waals surface area contributed by atoms with Crippen LogP contribution < -0.4 is 4.90 Å². The Labute approximate surface area is 161 Å². The van der Waals surface area contributed by atoms with Gasteiger partial charge in [-0.1, -0.05) is 24.1 Å². The number of aldehydes is 1. The molecular formula is C20H19ClN2O4. The van der Waals surface area contributed by atoms with E-state index in [1.54, 1.807) is 36.4 Å². The summed E-state index contributed by atoms with van der Waals surface area (Å²) < 4.78 is 0. The van der Waals surface area contributed by atoms with Crippen LogP contribution in [-0.4, -0.2) is 33.7 Å². The van der Waals surface area contributed by atoms with E-state index in [9.17, 15) is 19.5 Å². The van der Waals surface area contributed by atoms with E-state index in [-0.39, 0.29) is 17.8 Å². The third-order valence-corrected chi connectivity index (χ3v) is 4.84. The monoisotopic (exact) mass is 386 g/mol. The Morgan fingerprint density at radius 2 is 1.96 bits per heavy atom. The van der Waals surface area contributed by atoms with E-state index < -0.39 is 17.3 Å². The van der Waals surface area contributed by atoms with Gasteiger partial charge < -0.3 is 9.90 Å². The van der Waals surface area contributed by atoms with Gasteiger partial charge in [-0.25, -0.2) is 4.98 Å². The van der Waals surface area contributed by atoms with Crippen LogP contribution in [0.25, 0.3) is 0 Å². The van der Waals surface area contributed by atoms with E-state index in [0.29, 0.717) is 36.4 Å². The van der Waals surface area contributed by atoms with Crippen molar-refractivity contribution in [2.75, 3.05) is 4.90 Å². The van der Waals surface area contributed by atoms with Gasteiger partial charge in [0.25, 0.3) is 5.91 Å². The minimum atomic E-state index is -2.17. The SMILES string of the molecule is O=CCCCCC[C@@]1(O)C(=O)c2cccnc2N(c2cccc(Cl)c2)C1=O. The fraction of sp³-hybridized carbons (Fsp3) is 0.300. The number of amides is 1. The second-order valence-corrected chi connectivity index (χ2v) is 6.89. The zero-order valence-electron chi connectivity index (χ0n) is 14.6. The molecule has 0 saturated carbocycles. The minimum Gasteiger partial charge on any atom is -0.373 e. The number of anilines is 2. The molecule has 6 nitrogen and oxygen atoms in total. The van der Waals surface area contributed by atoms with Gasteiger partial charge in [-0.15, -0.1) is 0 Å². The Kier molecular flexibility index (Phi) is 5.68. The fourth-order valence-corrected chi connectivity index (χ4v) is 3.40. The number of Topliss-reactive ketones (excluding diaryl/α,β-unsaturated/α-hetero) is 1. The van der Waals surface area contributed by atoms with Gasteiger partial charge in [0.1, 0.15) is 6.29 Å². The smallest absolute Gasteiger partial charge is 0.272 e. The molecule has 1 aromatic heterocycles. The number of halogens is 1. The summed E-state index contributed by atoms with van der Waals surface area (Å²) >= 11 is 6.05. The van der Waals surface area contributed by atoms with Crippen molar-refractivity contribution in [1.82, 2.24) is 4.98 Å². The van der Waals surface area contributed by atoms with Crippen molar-refractivity contribution in [3.63, 3.8) is 0 Å². The van der Waals surface area contributed by atoms with Gasteiger partial charge in [-0.3, -0.25) is 14.5 Å². The van der Waals surface area contributed by atoms with E-state index in [1.807, 2.05) is 0 Å². The lowest BCUT2D eigenvalue weighted by Crippen LogP contribution is -2.57. The number of aromatic nitrogens is 1. The quantitative estimate of drug-likeness (QED) is 0.447. The van der Waals surface area contributed by atoms with Crippen molar-refractivity contribution < 1.29 is 19.5 Å². The highest BCUT2D eigenvalue weighted by atomic mass is 35.5. The van der Waals surface area contributed by atoms with E-state index in [1.165, 1.54) is 11.1 Å². The van der Waals surface area contributed by atoms with Gasteiger partial charge in [0.05, 0.1) is 11.3 Å². The molecule has 0 unspecified atom stereocenters. The lowest BCUT2D eigenvalue weighted by atomic mass is 9.83. The maximum absolute atomic E-state index is 13.2. The Balaban J connectivity index is 1.99. The first kappa shape index (κ1) is 19.2. The first-order chi connectivity index (χ1) is 13.0. The molecule has 1 aliphatic heterocycles. The Hall–Kier alpha value is -2.57. The number of ketones is 1. The summed E-state index contributed by atoms with van der Waals surface area (Å²) in [6.07, 6.45) is 4.45. The number of carbonyl (C=O) groups is 3. The molecule has 0 bridgehead atoms. The minimum absolute atomic E-state index is 0.0189. The first-order valence-electron chi connectivity index (χ1n) is 8.75. The van der Waals surface area contributed by atoms with Gasteiger partial charge in [-0.2, -0.15) is 0 Å². The zero-order valence-corrected chi connectivity index (χ0v) is 15.4. The summed E-state index contributed by atoms with van der Waals surface area (Å²) in [5.41, 5.74) is -1.55. The highest BCUT2D eigenvalue weighted by molar-refractivity contribution is 6.31. The number of pyridine rings is 1. The van der Waals surface area contributed by atoms with Crippen LogP contribution in [0.5, 0.6) is 0 Å². The molecule has 1 N–H and O–H groups in total. The molecular weight excluding hydrogens is 368 g/mol. The number of benzene rings is 1. The van der Waals surface area contributed by atoms with Crippen LogP contribution in [0.3, 0.4) is 0 Å². The van der Waals surface area contributed by atoms with Crippen molar-refractivity contribution >= 4 is 41.1 Å². The number of hydrogen-bond donors (Lipinski definition) is 1. The number of carbonyl (C=O) groups excluding carboxylic acids is 3. The molecule has 3 rings (SSSR count). The van der Waals surface area contributed by atoms with Crippen molar-refractivity contribution in [2.24, 2.45) is 0 Å². The van der Waals surface area contributed by atoms with Crippen LogP contribution >= 0.6 is 11.6 Å². The largest absolute Gasteiger partial charge is 0.373 e. The highest BCUT2D eigenvalue weighted by Crippen LogP contribution is 2.39.